The zero-order valence-corrected chi connectivity index (χ0v) is 20.0. The van der Waals surface area contributed by atoms with Crippen LogP contribution in [0.2, 0.25) is 0 Å². The minimum Gasteiger partial charge on any atom is -0.462 e. The molecule has 1 aliphatic heterocycles. The Morgan fingerprint density at radius 2 is 1.72 bits per heavy atom. The molecule has 1 aromatic rings. The number of rotatable bonds is 15. The van der Waals surface area contributed by atoms with Crippen molar-refractivity contribution in [1.29, 1.82) is 0 Å². The van der Waals surface area contributed by atoms with Crippen molar-refractivity contribution >= 4 is 11.9 Å². The van der Waals surface area contributed by atoms with Gasteiger partial charge in [-0.05, 0) is 37.3 Å². The van der Waals surface area contributed by atoms with Gasteiger partial charge in [0.05, 0.1) is 30.9 Å². The monoisotopic (exact) mass is 448 g/mol. The average Bonchev–Trinajstić information content (AvgIpc) is 3.27. The number of unbranched alkanes of at least 4 members (excludes halogenated alkanes) is 4. The molecule has 180 valence electrons. The third-order valence-electron chi connectivity index (χ3n) is 5.88. The van der Waals surface area contributed by atoms with Gasteiger partial charge in [0.25, 0.3) is 0 Å². The lowest BCUT2D eigenvalue weighted by molar-refractivity contribution is -0.334. The summed E-state index contributed by atoms with van der Waals surface area (Å²) in [5, 5.41) is 0. The second kappa shape index (κ2) is 14.3. The van der Waals surface area contributed by atoms with Gasteiger partial charge in [-0.15, -0.1) is 0 Å². The first-order chi connectivity index (χ1) is 15.5. The summed E-state index contributed by atoms with van der Waals surface area (Å²) < 4.78 is 22.8. The van der Waals surface area contributed by atoms with Crippen LogP contribution < -0.4 is 0 Å². The molecule has 2 unspecified atom stereocenters. The van der Waals surface area contributed by atoms with Crippen molar-refractivity contribution in [3.63, 3.8) is 0 Å². The molecule has 0 bridgehead atoms. The maximum atomic E-state index is 13.0. The Balaban J connectivity index is 2.01. The highest BCUT2D eigenvalue weighted by molar-refractivity contribution is 6.03. The van der Waals surface area contributed by atoms with Gasteiger partial charge in [-0.1, -0.05) is 71.4 Å². The highest BCUT2D eigenvalue weighted by Crippen LogP contribution is 2.30. The molecule has 2 rings (SSSR count). The van der Waals surface area contributed by atoms with E-state index in [0.29, 0.717) is 32.2 Å². The summed E-state index contributed by atoms with van der Waals surface area (Å²) in [5.41, 5.74) is 0.377. The average molecular weight is 449 g/mol. The van der Waals surface area contributed by atoms with Gasteiger partial charge in [0, 0.05) is 6.42 Å². The summed E-state index contributed by atoms with van der Waals surface area (Å²) in [7, 11) is 0. The van der Waals surface area contributed by atoms with Gasteiger partial charge in [-0.25, -0.2) is 9.59 Å². The second-order valence-electron chi connectivity index (χ2n) is 8.49. The number of ether oxygens (including phenoxy) is 4. The van der Waals surface area contributed by atoms with Gasteiger partial charge in [0.2, 0.25) is 0 Å². The van der Waals surface area contributed by atoms with Crippen LogP contribution in [-0.4, -0.2) is 37.7 Å². The predicted octanol–water partition coefficient (Wildman–Crippen LogP) is 6.28. The van der Waals surface area contributed by atoms with Gasteiger partial charge in [0.15, 0.2) is 0 Å². The molecule has 0 amide bonds. The van der Waals surface area contributed by atoms with Crippen LogP contribution in [0.3, 0.4) is 0 Å². The van der Waals surface area contributed by atoms with Crippen LogP contribution in [0, 0.1) is 5.92 Å². The lowest BCUT2D eigenvalue weighted by Gasteiger charge is -2.28. The van der Waals surface area contributed by atoms with Gasteiger partial charge >= 0.3 is 17.9 Å². The van der Waals surface area contributed by atoms with Crippen LogP contribution in [0.25, 0.3) is 0 Å². The summed E-state index contributed by atoms with van der Waals surface area (Å²) in [5.74, 6) is -2.18. The summed E-state index contributed by atoms with van der Waals surface area (Å²) >= 11 is 0. The number of carbonyl (C=O) groups is 2. The largest absolute Gasteiger partial charge is 0.462 e. The molecule has 1 heterocycles. The molecule has 1 fully saturated rings. The first-order valence-electron chi connectivity index (χ1n) is 12.3. The van der Waals surface area contributed by atoms with Crippen molar-refractivity contribution in [3.8, 4) is 0 Å². The highest BCUT2D eigenvalue weighted by Gasteiger charge is 2.41. The molecule has 0 radical (unpaired) electrons. The van der Waals surface area contributed by atoms with E-state index in [-0.39, 0.29) is 11.1 Å². The van der Waals surface area contributed by atoms with Crippen molar-refractivity contribution < 1.29 is 28.5 Å². The lowest BCUT2D eigenvalue weighted by Crippen LogP contribution is -2.38. The number of hydrogen-bond donors (Lipinski definition) is 0. The fourth-order valence-electron chi connectivity index (χ4n) is 3.77. The fraction of sp³-hybridized carbons (Fsp3) is 0.692. The molecule has 6 heteroatoms. The molecule has 0 N–H and O–H groups in total. The topological polar surface area (TPSA) is 71.1 Å². The van der Waals surface area contributed by atoms with E-state index in [1.54, 1.807) is 24.3 Å². The van der Waals surface area contributed by atoms with E-state index in [1.807, 2.05) is 0 Å². The standard InChI is InChI=1S/C26H40O6/c1-4-7-9-12-18-30-26(17-13-19-31-26)32-25(28)23-16-11-10-15-22(23)24(27)29-20-21(6-3)14-8-5-2/h10-11,15-16,21H,4-9,12-14,17-20H2,1-3H3. The Bertz CT molecular complexity index is 695. The summed E-state index contributed by atoms with van der Waals surface area (Å²) in [4.78, 5) is 25.8. The van der Waals surface area contributed by atoms with Crippen molar-refractivity contribution in [3.05, 3.63) is 35.4 Å². The van der Waals surface area contributed by atoms with Crippen molar-refractivity contribution in [2.45, 2.75) is 91.0 Å². The quantitative estimate of drug-likeness (QED) is 0.179. The Hall–Kier alpha value is -1.92. The normalized spacial score (nSPS) is 19.0. The van der Waals surface area contributed by atoms with E-state index in [1.165, 1.54) is 0 Å². The summed E-state index contributed by atoms with van der Waals surface area (Å²) in [6.07, 6.45) is 9.67. The first kappa shape index (κ1) is 26.3. The zero-order valence-electron chi connectivity index (χ0n) is 20.0. The van der Waals surface area contributed by atoms with E-state index in [0.717, 1.165) is 57.8 Å². The van der Waals surface area contributed by atoms with Crippen molar-refractivity contribution in [2.24, 2.45) is 5.92 Å². The van der Waals surface area contributed by atoms with E-state index >= 15 is 0 Å². The molecule has 0 saturated carbocycles. The number of hydrogen-bond acceptors (Lipinski definition) is 6. The van der Waals surface area contributed by atoms with Crippen LogP contribution >= 0.6 is 0 Å². The number of esters is 2. The number of benzene rings is 1. The Morgan fingerprint density at radius 3 is 2.34 bits per heavy atom. The van der Waals surface area contributed by atoms with Gasteiger partial charge < -0.3 is 18.9 Å². The van der Waals surface area contributed by atoms with Crippen LogP contribution in [0.15, 0.2) is 24.3 Å². The number of carbonyl (C=O) groups excluding carboxylic acids is 2. The second-order valence-corrected chi connectivity index (χ2v) is 8.49. The SMILES string of the molecule is CCCCCCOC1(OC(=O)c2ccccc2C(=O)OCC(CC)CCCC)CCCO1. The van der Waals surface area contributed by atoms with Gasteiger partial charge in [-0.2, -0.15) is 0 Å². The molecule has 6 nitrogen and oxygen atoms in total. The summed E-state index contributed by atoms with van der Waals surface area (Å²) in [6, 6.07) is 6.60. The molecule has 0 spiro atoms. The fourth-order valence-corrected chi connectivity index (χ4v) is 3.77. The molecule has 0 aliphatic carbocycles. The predicted molar refractivity (Wildman–Crippen MR) is 123 cm³/mol. The molecular weight excluding hydrogens is 408 g/mol. The minimum atomic E-state index is -1.37. The van der Waals surface area contributed by atoms with Crippen LogP contribution in [-0.2, 0) is 18.9 Å². The van der Waals surface area contributed by atoms with Crippen LogP contribution in [0.4, 0.5) is 0 Å². The van der Waals surface area contributed by atoms with E-state index < -0.39 is 17.9 Å². The van der Waals surface area contributed by atoms with Gasteiger partial charge in [0.1, 0.15) is 0 Å². The summed E-state index contributed by atoms with van der Waals surface area (Å²) in [6.45, 7) is 7.70. The Morgan fingerprint density at radius 1 is 1.00 bits per heavy atom. The smallest absolute Gasteiger partial charge is 0.343 e. The molecular formula is C26H40O6. The van der Waals surface area contributed by atoms with Crippen LogP contribution in [0.5, 0.6) is 0 Å². The van der Waals surface area contributed by atoms with Gasteiger partial charge in [-0.3, -0.25) is 0 Å². The highest BCUT2D eigenvalue weighted by atomic mass is 16.9. The van der Waals surface area contributed by atoms with E-state index in [4.69, 9.17) is 18.9 Å². The maximum Gasteiger partial charge on any atom is 0.343 e. The molecule has 0 aromatic heterocycles. The van der Waals surface area contributed by atoms with E-state index in [9.17, 15) is 9.59 Å². The van der Waals surface area contributed by atoms with Crippen molar-refractivity contribution in [2.75, 3.05) is 19.8 Å². The zero-order chi connectivity index (χ0) is 23.2. The van der Waals surface area contributed by atoms with E-state index in [2.05, 4.69) is 20.8 Å². The Labute approximate surface area is 193 Å². The maximum absolute atomic E-state index is 13.0. The molecule has 32 heavy (non-hydrogen) atoms. The van der Waals surface area contributed by atoms with Crippen molar-refractivity contribution in [1.82, 2.24) is 0 Å². The first-order valence-corrected chi connectivity index (χ1v) is 12.3. The molecule has 1 aromatic carbocycles. The Kier molecular flexibility index (Phi) is 11.7. The molecule has 2 atom stereocenters. The molecule has 1 saturated heterocycles. The lowest BCUT2D eigenvalue weighted by atomic mass is 10.0. The third kappa shape index (κ3) is 8.21. The van der Waals surface area contributed by atoms with Crippen LogP contribution in [0.1, 0.15) is 106 Å². The minimum absolute atomic E-state index is 0.170. The third-order valence-corrected chi connectivity index (χ3v) is 5.88. The molecule has 1 aliphatic rings.